The third-order valence-corrected chi connectivity index (χ3v) is 3.64. The molecule has 2 N–H and O–H groups in total. The molecular formula is C14H21FN2O. The molecule has 0 aliphatic carbocycles. The van der Waals surface area contributed by atoms with E-state index < -0.39 is 0 Å². The summed E-state index contributed by atoms with van der Waals surface area (Å²) in [6.07, 6.45) is 0.958. The molecule has 1 atom stereocenters. The summed E-state index contributed by atoms with van der Waals surface area (Å²) in [5, 5.41) is 12.7. The third-order valence-electron chi connectivity index (χ3n) is 3.64. The van der Waals surface area contributed by atoms with Crippen LogP contribution in [0, 0.1) is 5.82 Å². The zero-order valence-corrected chi connectivity index (χ0v) is 11.0. The van der Waals surface area contributed by atoms with E-state index >= 15 is 0 Å². The van der Waals surface area contributed by atoms with Crippen molar-refractivity contribution in [2.75, 3.05) is 24.6 Å². The predicted molar refractivity (Wildman–Crippen MR) is 71.3 cm³/mol. The molecule has 1 fully saturated rings. The summed E-state index contributed by atoms with van der Waals surface area (Å²) in [7, 11) is 0. The smallest absolute Gasteiger partial charge is 0.125 e. The van der Waals surface area contributed by atoms with E-state index in [1.165, 1.54) is 6.07 Å². The molecular weight excluding hydrogens is 231 g/mol. The van der Waals surface area contributed by atoms with Gasteiger partial charge in [0, 0.05) is 23.8 Å². The summed E-state index contributed by atoms with van der Waals surface area (Å²) in [4.78, 5) is 2.18. The molecule has 100 valence electrons. The zero-order chi connectivity index (χ0) is 13.2. The van der Waals surface area contributed by atoms with Gasteiger partial charge in [-0.3, -0.25) is 0 Å². The van der Waals surface area contributed by atoms with Gasteiger partial charge in [-0.2, -0.15) is 0 Å². The highest BCUT2D eigenvalue weighted by Gasteiger charge is 2.31. The first-order chi connectivity index (χ1) is 8.53. The van der Waals surface area contributed by atoms with Crippen LogP contribution in [0.2, 0.25) is 0 Å². The van der Waals surface area contributed by atoms with E-state index in [1.54, 1.807) is 12.1 Å². The predicted octanol–water partition coefficient (Wildman–Crippen LogP) is 1.76. The van der Waals surface area contributed by atoms with Gasteiger partial charge in [-0.1, -0.05) is 6.07 Å². The van der Waals surface area contributed by atoms with Crippen LogP contribution in [0.15, 0.2) is 24.3 Å². The number of rotatable bonds is 2. The van der Waals surface area contributed by atoms with Gasteiger partial charge in [0.15, 0.2) is 0 Å². The van der Waals surface area contributed by atoms with E-state index in [0.717, 1.165) is 18.7 Å². The van der Waals surface area contributed by atoms with Gasteiger partial charge in [0.05, 0.1) is 6.61 Å². The fourth-order valence-corrected chi connectivity index (χ4v) is 2.47. The van der Waals surface area contributed by atoms with Gasteiger partial charge in [0.1, 0.15) is 5.82 Å². The molecule has 1 saturated heterocycles. The van der Waals surface area contributed by atoms with Crippen molar-refractivity contribution in [2.45, 2.75) is 31.8 Å². The van der Waals surface area contributed by atoms with Gasteiger partial charge in [-0.15, -0.1) is 0 Å². The minimum Gasteiger partial charge on any atom is -0.395 e. The van der Waals surface area contributed by atoms with Crippen molar-refractivity contribution in [1.29, 1.82) is 0 Å². The van der Waals surface area contributed by atoms with Gasteiger partial charge in [-0.05, 0) is 45.0 Å². The summed E-state index contributed by atoms with van der Waals surface area (Å²) in [6.45, 7) is 5.96. The van der Waals surface area contributed by atoms with E-state index in [2.05, 4.69) is 24.1 Å². The zero-order valence-electron chi connectivity index (χ0n) is 11.0. The topological polar surface area (TPSA) is 35.5 Å². The Bertz CT molecular complexity index is 409. The van der Waals surface area contributed by atoms with E-state index in [0.29, 0.717) is 6.54 Å². The molecule has 1 aliphatic rings. The van der Waals surface area contributed by atoms with Gasteiger partial charge in [-0.25, -0.2) is 4.39 Å². The number of nitrogens with zero attached hydrogens (tertiary/aromatic N) is 1. The number of nitrogens with one attached hydrogen (secondary N) is 1. The Hall–Kier alpha value is -1.13. The SMILES string of the molecule is CC1(C)CCNC(CO)CN1c1cccc(F)c1. The summed E-state index contributed by atoms with van der Waals surface area (Å²) < 4.78 is 13.4. The second-order valence-corrected chi connectivity index (χ2v) is 5.49. The highest BCUT2D eigenvalue weighted by atomic mass is 19.1. The van der Waals surface area contributed by atoms with Crippen molar-refractivity contribution in [3.05, 3.63) is 30.1 Å². The summed E-state index contributed by atoms with van der Waals surface area (Å²) in [5.74, 6) is -0.221. The summed E-state index contributed by atoms with van der Waals surface area (Å²) in [5.41, 5.74) is 0.826. The fraction of sp³-hybridized carbons (Fsp3) is 0.571. The number of anilines is 1. The molecule has 1 aromatic carbocycles. The average molecular weight is 252 g/mol. The molecule has 0 spiro atoms. The maximum atomic E-state index is 13.4. The first-order valence-corrected chi connectivity index (χ1v) is 6.40. The molecule has 0 radical (unpaired) electrons. The van der Waals surface area contributed by atoms with Crippen molar-refractivity contribution in [1.82, 2.24) is 5.32 Å². The molecule has 0 aromatic heterocycles. The van der Waals surface area contributed by atoms with Crippen LogP contribution in [0.25, 0.3) is 0 Å². The van der Waals surface area contributed by atoms with Crippen LogP contribution in [0.3, 0.4) is 0 Å². The monoisotopic (exact) mass is 252 g/mol. The fourth-order valence-electron chi connectivity index (χ4n) is 2.47. The van der Waals surface area contributed by atoms with Gasteiger partial charge < -0.3 is 15.3 Å². The third kappa shape index (κ3) is 2.82. The van der Waals surface area contributed by atoms with Gasteiger partial charge in [0.25, 0.3) is 0 Å². The standard InChI is InChI=1S/C14H21FN2O/c1-14(2)6-7-16-12(10-18)9-17(14)13-5-3-4-11(15)8-13/h3-5,8,12,16,18H,6-7,9-10H2,1-2H3. The summed E-state index contributed by atoms with van der Waals surface area (Å²) in [6, 6.07) is 6.70. The first kappa shape index (κ1) is 13.3. The molecule has 0 amide bonds. The number of halogens is 1. The van der Waals surface area contributed by atoms with Crippen molar-refractivity contribution in [3.8, 4) is 0 Å². The number of aliphatic hydroxyl groups is 1. The minimum atomic E-state index is -0.221. The Kier molecular flexibility index (Phi) is 3.88. The molecule has 0 bridgehead atoms. The molecule has 1 aliphatic heterocycles. The van der Waals surface area contributed by atoms with E-state index in [-0.39, 0.29) is 24.0 Å². The Morgan fingerprint density at radius 3 is 2.94 bits per heavy atom. The lowest BCUT2D eigenvalue weighted by atomic mass is 9.97. The van der Waals surface area contributed by atoms with E-state index in [9.17, 15) is 9.50 Å². The molecule has 1 heterocycles. The van der Waals surface area contributed by atoms with Crippen LogP contribution in [0.1, 0.15) is 20.3 Å². The van der Waals surface area contributed by atoms with Crippen LogP contribution in [0.4, 0.5) is 10.1 Å². The van der Waals surface area contributed by atoms with Gasteiger partial charge in [0.2, 0.25) is 0 Å². The Labute approximate surface area is 108 Å². The lowest BCUT2D eigenvalue weighted by molar-refractivity contribution is 0.248. The van der Waals surface area contributed by atoms with Crippen LogP contribution in [-0.4, -0.2) is 36.4 Å². The van der Waals surface area contributed by atoms with Gasteiger partial charge >= 0.3 is 0 Å². The molecule has 0 saturated carbocycles. The normalized spacial score (nSPS) is 23.8. The number of hydrogen-bond acceptors (Lipinski definition) is 3. The molecule has 2 rings (SSSR count). The molecule has 4 heteroatoms. The molecule has 1 unspecified atom stereocenters. The van der Waals surface area contributed by atoms with Crippen LogP contribution >= 0.6 is 0 Å². The van der Waals surface area contributed by atoms with Crippen molar-refractivity contribution < 1.29 is 9.50 Å². The number of benzene rings is 1. The van der Waals surface area contributed by atoms with Crippen molar-refractivity contribution >= 4 is 5.69 Å². The van der Waals surface area contributed by atoms with Crippen LogP contribution < -0.4 is 10.2 Å². The van der Waals surface area contributed by atoms with E-state index in [1.807, 2.05) is 6.07 Å². The Morgan fingerprint density at radius 2 is 2.28 bits per heavy atom. The second-order valence-electron chi connectivity index (χ2n) is 5.49. The number of hydrogen-bond donors (Lipinski definition) is 2. The lowest BCUT2D eigenvalue weighted by Crippen LogP contribution is -2.47. The molecule has 3 nitrogen and oxygen atoms in total. The van der Waals surface area contributed by atoms with Crippen molar-refractivity contribution in [2.24, 2.45) is 0 Å². The maximum Gasteiger partial charge on any atom is 0.125 e. The Balaban J connectivity index is 2.30. The quantitative estimate of drug-likeness (QED) is 0.842. The average Bonchev–Trinajstić information content (AvgIpc) is 2.47. The minimum absolute atomic E-state index is 0.0371. The van der Waals surface area contributed by atoms with Crippen LogP contribution in [-0.2, 0) is 0 Å². The summed E-state index contributed by atoms with van der Waals surface area (Å²) >= 11 is 0. The van der Waals surface area contributed by atoms with E-state index in [4.69, 9.17) is 0 Å². The Morgan fingerprint density at radius 1 is 1.50 bits per heavy atom. The lowest BCUT2D eigenvalue weighted by Gasteiger charge is -2.39. The molecule has 18 heavy (non-hydrogen) atoms. The number of aliphatic hydroxyl groups excluding tert-OH is 1. The van der Waals surface area contributed by atoms with Crippen molar-refractivity contribution in [3.63, 3.8) is 0 Å². The first-order valence-electron chi connectivity index (χ1n) is 6.40. The maximum absolute atomic E-state index is 13.4. The van der Waals surface area contributed by atoms with Crippen LogP contribution in [0.5, 0.6) is 0 Å². The largest absolute Gasteiger partial charge is 0.395 e. The highest BCUT2D eigenvalue weighted by Crippen LogP contribution is 2.28. The molecule has 1 aromatic rings. The second kappa shape index (κ2) is 5.24. The highest BCUT2D eigenvalue weighted by molar-refractivity contribution is 5.49.